The van der Waals surface area contributed by atoms with Crippen LogP contribution in [0.1, 0.15) is 19.4 Å². The van der Waals surface area contributed by atoms with E-state index < -0.39 is 0 Å². The van der Waals surface area contributed by atoms with Crippen LogP contribution in [0.5, 0.6) is 0 Å². The van der Waals surface area contributed by atoms with Crippen LogP contribution >= 0.6 is 0 Å². The molecule has 1 aromatic carbocycles. The molecule has 0 bridgehead atoms. The zero-order chi connectivity index (χ0) is 12.7. The van der Waals surface area contributed by atoms with Crippen molar-refractivity contribution in [3.63, 3.8) is 0 Å². The second kappa shape index (κ2) is 7.07. The van der Waals surface area contributed by atoms with Gasteiger partial charge in [-0.25, -0.2) is 0 Å². The predicted octanol–water partition coefficient (Wildman–Crippen LogP) is 1.69. The van der Waals surface area contributed by atoms with Gasteiger partial charge in [0, 0.05) is 13.1 Å². The predicted molar refractivity (Wildman–Crippen MR) is 70.9 cm³/mol. The molecule has 0 heterocycles. The number of rotatable bonds is 6. The maximum Gasteiger partial charge on any atom is 0.240 e. The third-order valence-electron chi connectivity index (χ3n) is 3.00. The van der Waals surface area contributed by atoms with Crippen molar-refractivity contribution in [2.75, 3.05) is 20.1 Å². The first-order valence-electron chi connectivity index (χ1n) is 6.22. The largest absolute Gasteiger partial charge is 0.342 e. The minimum atomic E-state index is -0.128. The highest BCUT2D eigenvalue weighted by Crippen LogP contribution is 2.05. The number of hydrogen-bond acceptors (Lipinski definition) is 2. The van der Waals surface area contributed by atoms with E-state index in [0.29, 0.717) is 0 Å². The van der Waals surface area contributed by atoms with E-state index in [1.54, 1.807) is 0 Å². The highest BCUT2D eigenvalue weighted by atomic mass is 16.2. The number of carbonyl (C=O) groups excluding carboxylic acids is 1. The highest BCUT2D eigenvalue weighted by molar-refractivity contribution is 5.82. The van der Waals surface area contributed by atoms with Gasteiger partial charge in [0.15, 0.2) is 0 Å². The number of amides is 1. The number of hydrogen-bond donors (Lipinski definition) is 1. The summed E-state index contributed by atoms with van der Waals surface area (Å²) in [6, 6.07) is 9.98. The van der Waals surface area contributed by atoms with Gasteiger partial charge in [-0.3, -0.25) is 4.79 Å². The Morgan fingerprint density at radius 2 is 1.82 bits per heavy atom. The van der Waals surface area contributed by atoms with E-state index in [0.717, 1.165) is 19.5 Å². The molecular weight excluding hydrogens is 212 g/mol. The van der Waals surface area contributed by atoms with Gasteiger partial charge < -0.3 is 10.2 Å². The lowest BCUT2D eigenvalue weighted by molar-refractivity contribution is -0.132. The van der Waals surface area contributed by atoms with Crippen LogP contribution < -0.4 is 5.32 Å². The monoisotopic (exact) mass is 234 g/mol. The fraction of sp³-hybridized carbons (Fsp3) is 0.500. The summed E-state index contributed by atoms with van der Waals surface area (Å²) in [4.78, 5) is 14.1. The Morgan fingerprint density at radius 1 is 1.24 bits per heavy atom. The first-order chi connectivity index (χ1) is 8.22. The Labute approximate surface area is 104 Å². The number of likely N-dealkylation sites (N-methyl/N-ethyl adjacent to an activating group) is 2. The molecule has 0 aliphatic heterocycles. The maximum atomic E-state index is 12.2. The summed E-state index contributed by atoms with van der Waals surface area (Å²) in [6.07, 6.45) is 0.743. The van der Waals surface area contributed by atoms with E-state index in [1.165, 1.54) is 5.56 Å². The number of benzene rings is 1. The van der Waals surface area contributed by atoms with Crippen LogP contribution in [-0.2, 0) is 11.2 Å². The minimum absolute atomic E-state index is 0.128. The quantitative estimate of drug-likeness (QED) is 0.812. The van der Waals surface area contributed by atoms with Gasteiger partial charge in [-0.05, 0) is 32.9 Å². The van der Waals surface area contributed by atoms with Crippen molar-refractivity contribution in [1.29, 1.82) is 0 Å². The summed E-state index contributed by atoms with van der Waals surface area (Å²) in [6.45, 7) is 5.55. The minimum Gasteiger partial charge on any atom is -0.342 e. The molecule has 1 aromatic rings. The van der Waals surface area contributed by atoms with Gasteiger partial charge in [-0.2, -0.15) is 0 Å². The van der Waals surface area contributed by atoms with E-state index in [9.17, 15) is 4.79 Å². The molecule has 0 saturated carbocycles. The Morgan fingerprint density at radius 3 is 2.29 bits per heavy atom. The lowest BCUT2D eigenvalue weighted by atomic mass is 10.1. The Hall–Kier alpha value is -1.35. The molecule has 0 aliphatic rings. The zero-order valence-electron chi connectivity index (χ0n) is 10.9. The molecule has 0 unspecified atom stereocenters. The van der Waals surface area contributed by atoms with Crippen LogP contribution in [0.15, 0.2) is 30.3 Å². The topological polar surface area (TPSA) is 32.3 Å². The lowest BCUT2D eigenvalue weighted by Gasteiger charge is -2.24. The van der Waals surface area contributed by atoms with Crippen molar-refractivity contribution in [3.05, 3.63) is 35.9 Å². The van der Waals surface area contributed by atoms with Crippen molar-refractivity contribution in [3.8, 4) is 0 Å². The van der Waals surface area contributed by atoms with Crippen molar-refractivity contribution in [2.45, 2.75) is 26.3 Å². The SMILES string of the molecule is CCN(CC)C(=O)[C@H](Cc1ccccc1)NC. The molecule has 1 atom stereocenters. The van der Waals surface area contributed by atoms with Crippen LogP contribution in [0.4, 0.5) is 0 Å². The summed E-state index contributed by atoms with van der Waals surface area (Å²) >= 11 is 0. The van der Waals surface area contributed by atoms with E-state index >= 15 is 0 Å². The number of carbonyl (C=O) groups is 1. The summed E-state index contributed by atoms with van der Waals surface area (Å²) in [5, 5.41) is 3.11. The smallest absolute Gasteiger partial charge is 0.240 e. The van der Waals surface area contributed by atoms with Gasteiger partial charge in [0.2, 0.25) is 5.91 Å². The molecule has 1 rings (SSSR count). The Balaban J connectivity index is 2.68. The third-order valence-corrected chi connectivity index (χ3v) is 3.00. The van der Waals surface area contributed by atoms with E-state index in [-0.39, 0.29) is 11.9 Å². The lowest BCUT2D eigenvalue weighted by Crippen LogP contribution is -2.46. The van der Waals surface area contributed by atoms with Crippen molar-refractivity contribution < 1.29 is 4.79 Å². The van der Waals surface area contributed by atoms with Gasteiger partial charge in [-0.1, -0.05) is 30.3 Å². The molecule has 3 heteroatoms. The van der Waals surface area contributed by atoms with Gasteiger partial charge >= 0.3 is 0 Å². The summed E-state index contributed by atoms with van der Waals surface area (Å²) in [7, 11) is 1.84. The molecule has 0 radical (unpaired) electrons. The second-order valence-electron chi connectivity index (χ2n) is 4.04. The molecule has 0 spiro atoms. The molecule has 94 valence electrons. The number of nitrogens with one attached hydrogen (secondary N) is 1. The first-order valence-corrected chi connectivity index (χ1v) is 6.22. The van der Waals surface area contributed by atoms with Crippen molar-refractivity contribution >= 4 is 5.91 Å². The van der Waals surface area contributed by atoms with Gasteiger partial charge in [0.25, 0.3) is 0 Å². The molecule has 17 heavy (non-hydrogen) atoms. The van der Waals surface area contributed by atoms with E-state index in [4.69, 9.17) is 0 Å². The fourth-order valence-electron chi connectivity index (χ4n) is 1.92. The van der Waals surface area contributed by atoms with Crippen molar-refractivity contribution in [1.82, 2.24) is 10.2 Å². The molecule has 1 amide bonds. The van der Waals surface area contributed by atoms with Crippen LogP contribution in [0.2, 0.25) is 0 Å². The standard InChI is InChI=1S/C14H22N2O/c1-4-16(5-2)14(17)13(15-3)11-12-9-7-6-8-10-12/h6-10,13,15H,4-5,11H2,1-3H3/t13-/m0/s1. The summed E-state index contributed by atoms with van der Waals surface area (Å²) in [5.41, 5.74) is 1.19. The van der Waals surface area contributed by atoms with E-state index in [2.05, 4.69) is 17.4 Å². The number of nitrogens with zero attached hydrogens (tertiary/aromatic N) is 1. The zero-order valence-corrected chi connectivity index (χ0v) is 10.9. The molecule has 0 aromatic heterocycles. The van der Waals surface area contributed by atoms with Crippen LogP contribution in [0.25, 0.3) is 0 Å². The van der Waals surface area contributed by atoms with E-state index in [1.807, 2.05) is 44.0 Å². The van der Waals surface area contributed by atoms with Crippen LogP contribution in [0, 0.1) is 0 Å². The molecular formula is C14H22N2O. The maximum absolute atomic E-state index is 12.2. The molecule has 1 N–H and O–H groups in total. The molecule has 0 saturated heterocycles. The van der Waals surface area contributed by atoms with Crippen LogP contribution in [-0.4, -0.2) is 37.0 Å². The van der Waals surface area contributed by atoms with Crippen molar-refractivity contribution in [2.24, 2.45) is 0 Å². The van der Waals surface area contributed by atoms with Crippen LogP contribution in [0.3, 0.4) is 0 Å². The second-order valence-corrected chi connectivity index (χ2v) is 4.04. The fourth-order valence-corrected chi connectivity index (χ4v) is 1.92. The Bertz CT molecular complexity index is 333. The molecule has 3 nitrogen and oxygen atoms in total. The van der Waals surface area contributed by atoms with Gasteiger partial charge in [0.05, 0.1) is 6.04 Å². The summed E-state index contributed by atoms with van der Waals surface area (Å²) in [5.74, 6) is 0.182. The summed E-state index contributed by atoms with van der Waals surface area (Å²) < 4.78 is 0. The van der Waals surface area contributed by atoms with Gasteiger partial charge in [-0.15, -0.1) is 0 Å². The average Bonchev–Trinajstić information content (AvgIpc) is 2.38. The third kappa shape index (κ3) is 3.86. The first kappa shape index (κ1) is 13.7. The molecule has 0 aliphatic carbocycles. The Kier molecular flexibility index (Phi) is 5.70. The van der Waals surface area contributed by atoms with Gasteiger partial charge in [0.1, 0.15) is 0 Å². The molecule has 0 fully saturated rings. The highest BCUT2D eigenvalue weighted by Gasteiger charge is 2.20. The average molecular weight is 234 g/mol. The normalized spacial score (nSPS) is 12.2.